The first-order valence-corrected chi connectivity index (χ1v) is 36.4. The molecule has 8 amide bonds. The predicted octanol–water partition coefficient (Wildman–Crippen LogP) is -12.4. The van der Waals surface area contributed by atoms with Crippen LogP contribution in [0.4, 0.5) is 0 Å². The Hall–Kier alpha value is -6.55. The number of aliphatic hydroxyl groups excluding tert-OH is 16. The minimum absolute atomic E-state index is 0.0367. The maximum Gasteiger partial charge on any atom is 0.306 e. The summed E-state index contributed by atoms with van der Waals surface area (Å²) >= 11 is 0. The lowest BCUT2D eigenvalue weighted by atomic mass is 9.99. The second-order valence-corrected chi connectivity index (χ2v) is 26.5. The van der Waals surface area contributed by atoms with Crippen LogP contribution in [0, 0.1) is 0 Å². The average molecular weight is 1590 g/mol. The number of unbranched alkanes of at least 4 members (excludes halogenated alkanes) is 4. The second-order valence-electron chi connectivity index (χ2n) is 26.5. The number of hydrogen-bond acceptors (Lipinski definition) is 35. The lowest BCUT2D eigenvalue weighted by Crippen LogP contribution is -2.59. The molecule has 5 rings (SSSR count). The number of nitrogens with zero attached hydrogens (tertiary/aromatic N) is 1. The summed E-state index contributed by atoms with van der Waals surface area (Å²) in [4.78, 5) is 122. The van der Waals surface area contributed by atoms with Crippen molar-refractivity contribution in [2.24, 2.45) is 0 Å². The van der Waals surface area contributed by atoms with Crippen molar-refractivity contribution in [1.82, 2.24) is 47.4 Å². The Morgan fingerprint density at radius 2 is 0.673 bits per heavy atom. The van der Waals surface area contributed by atoms with Crippen LogP contribution < -0.4 is 42.5 Å². The molecule has 4 heterocycles. The Labute approximate surface area is 632 Å². The molecule has 43 heteroatoms. The summed E-state index contributed by atoms with van der Waals surface area (Å²) in [6.45, 7) is -7.91. The van der Waals surface area contributed by atoms with Crippen molar-refractivity contribution in [3.05, 3.63) is 35.9 Å². The van der Waals surface area contributed by atoms with Crippen LogP contribution in [0.5, 0.6) is 0 Å². The highest BCUT2D eigenvalue weighted by atomic mass is 16.7. The van der Waals surface area contributed by atoms with Crippen molar-refractivity contribution >= 4 is 53.2 Å². The monoisotopic (exact) mass is 1590 g/mol. The van der Waals surface area contributed by atoms with E-state index in [-0.39, 0.29) is 64.2 Å². The molecular weight excluding hydrogens is 1470 g/mol. The number of esters is 1. The van der Waals surface area contributed by atoms with Crippen molar-refractivity contribution in [2.75, 3.05) is 112 Å². The molecule has 628 valence electrons. The SMILES string of the molecule is O=C(CCCCCNC(=O)CN(CC(=O)N[C@@H](CCC(=O)NCCO[C@H]1O[C@H](CO)[C@@H](O)[C@H](O)[C@@H]1O)C(=O)NCCO[C@H]1O[C@H](CO)[C@@H](O)[C@H](O)[C@@H]1O)CC(=O)N[C@@H](CCC(=O)NCCO[C@H]1O[C@H](CO)[C@@H](O)[C@H](O)[C@@H]1O)C(=O)NCCO[C@H]1O[C@H](CO)[C@@H](O)[C@H](O)[C@@H]1O)NCCCCCC(=O)OCc1ccccc1. The van der Waals surface area contributed by atoms with Crippen molar-refractivity contribution in [3.63, 3.8) is 0 Å². The summed E-state index contributed by atoms with van der Waals surface area (Å²) in [6.07, 6.45) is -31.1. The molecule has 0 saturated carbocycles. The fourth-order valence-corrected chi connectivity index (χ4v) is 11.6. The molecular formula is C67H111N9O34. The van der Waals surface area contributed by atoms with Crippen LogP contribution in [-0.2, 0) is 92.4 Å². The molecule has 1 aromatic carbocycles. The highest BCUT2D eigenvalue weighted by Gasteiger charge is 2.48. The third-order valence-corrected chi connectivity index (χ3v) is 17.9. The number of hydrogen-bond donors (Lipinski definition) is 24. The first kappa shape index (κ1) is 94.0. The molecule has 4 saturated heterocycles. The molecule has 0 aliphatic carbocycles. The largest absolute Gasteiger partial charge is 0.461 e. The first-order valence-electron chi connectivity index (χ1n) is 36.4. The molecule has 0 spiro atoms. The molecule has 22 atom stereocenters. The van der Waals surface area contributed by atoms with Gasteiger partial charge in [-0.05, 0) is 44.1 Å². The van der Waals surface area contributed by atoms with Crippen LogP contribution in [0.15, 0.2) is 30.3 Å². The first-order chi connectivity index (χ1) is 52.6. The van der Waals surface area contributed by atoms with Gasteiger partial charge in [-0.2, -0.15) is 0 Å². The maximum atomic E-state index is 14.2. The van der Waals surface area contributed by atoms with E-state index < -0.39 is 274 Å². The molecule has 1 aromatic rings. The number of nitrogens with one attached hydrogen (secondary N) is 8. The molecule has 0 aromatic heterocycles. The van der Waals surface area contributed by atoms with E-state index >= 15 is 0 Å². The Morgan fingerprint density at radius 1 is 0.355 bits per heavy atom. The van der Waals surface area contributed by atoms with Crippen molar-refractivity contribution in [1.29, 1.82) is 0 Å². The van der Waals surface area contributed by atoms with Crippen LogP contribution >= 0.6 is 0 Å². The summed E-state index contributed by atoms with van der Waals surface area (Å²) < 4.78 is 48.4. The Balaban J connectivity index is 1.26. The van der Waals surface area contributed by atoms with Crippen molar-refractivity contribution in [3.8, 4) is 0 Å². The van der Waals surface area contributed by atoms with Gasteiger partial charge in [-0.3, -0.25) is 48.1 Å². The van der Waals surface area contributed by atoms with E-state index in [0.717, 1.165) is 10.5 Å². The van der Waals surface area contributed by atoms with Gasteiger partial charge in [0.25, 0.3) is 0 Å². The molecule has 110 heavy (non-hydrogen) atoms. The molecule has 0 radical (unpaired) electrons. The van der Waals surface area contributed by atoms with Crippen molar-refractivity contribution < 1.29 is 167 Å². The summed E-state index contributed by atoms with van der Waals surface area (Å²) in [5.41, 5.74) is 0.870. The molecule has 4 fully saturated rings. The van der Waals surface area contributed by atoms with Gasteiger partial charge in [0.2, 0.25) is 47.3 Å². The lowest BCUT2D eigenvalue weighted by molar-refractivity contribution is -0.300. The Kier molecular flexibility index (Phi) is 43.2. The molecule has 0 unspecified atom stereocenters. The van der Waals surface area contributed by atoms with Crippen molar-refractivity contribution in [2.45, 2.75) is 219 Å². The van der Waals surface area contributed by atoms with Crippen LogP contribution in [-0.4, -0.2) is 386 Å². The van der Waals surface area contributed by atoms with E-state index in [9.17, 15) is 125 Å². The standard InChI is InChI=1S/C67H111N9O34/c77-31-39-50(88)54(92)58(96)64(107-39)102-24-20-70-44(82)16-14-37(62(100)72-22-26-104-66-60(98)56(94)52(90)41(33-79)109-66)74-47(85)29-76(28-46(84)69-19-8-2-6-12-43(81)68-18-9-3-7-13-49(87)106-35-36-10-4-1-5-11-36)30-48(86)75-38(63(101)73-23-27-105-67-61(99)57(95)53(91)42(34-80)110-67)15-17-45(83)71-21-25-103-65-59(97)55(93)51(89)40(32-78)108-65/h1,4-5,10-11,37-42,50-61,64-67,77-80,88-99H,2-3,6-9,12-35H2,(H,68,81)(H,69,84)(H,70,82)(H,71,83)(H,72,100)(H,73,101)(H,74,85)(H,75,86)/t37-,38-,39+,40+,41+,42+,50+,51+,52+,53+,54-,55-,56-,57-,58-,59-,60-,61-,64-,65-,66-,67-/m0/s1. The smallest absolute Gasteiger partial charge is 0.306 e. The highest BCUT2D eigenvalue weighted by molar-refractivity contribution is 5.91. The number of carbonyl (C=O) groups is 9. The van der Waals surface area contributed by atoms with E-state index in [2.05, 4.69) is 42.5 Å². The summed E-state index contributed by atoms with van der Waals surface area (Å²) in [5.74, 6) is -6.79. The minimum Gasteiger partial charge on any atom is -0.461 e. The van der Waals surface area contributed by atoms with Gasteiger partial charge in [-0.1, -0.05) is 43.2 Å². The van der Waals surface area contributed by atoms with E-state index in [0.29, 0.717) is 45.1 Å². The van der Waals surface area contributed by atoms with Crippen LogP contribution in [0.2, 0.25) is 0 Å². The van der Waals surface area contributed by atoms with Gasteiger partial charge < -0.3 is 167 Å². The zero-order chi connectivity index (χ0) is 80.8. The summed E-state index contributed by atoms with van der Waals surface area (Å²) in [7, 11) is 0. The number of aliphatic hydroxyl groups is 16. The molecule has 0 bridgehead atoms. The number of amides is 8. The van der Waals surface area contributed by atoms with Gasteiger partial charge in [0.15, 0.2) is 25.2 Å². The van der Waals surface area contributed by atoms with Crippen LogP contribution in [0.3, 0.4) is 0 Å². The third kappa shape index (κ3) is 32.1. The van der Waals surface area contributed by atoms with Gasteiger partial charge in [-0.15, -0.1) is 0 Å². The lowest BCUT2D eigenvalue weighted by Gasteiger charge is -2.39. The normalized spacial score (nSPS) is 28.7. The molecule has 4 aliphatic heterocycles. The predicted molar refractivity (Wildman–Crippen MR) is 369 cm³/mol. The fraction of sp³-hybridized carbons (Fsp3) is 0.776. The van der Waals surface area contributed by atoms with E-state index in [1.165, 1.54) is 0 Å². The number of ether oxygens (including phenoxy) is 9. The summed E-state index contributed by atoms with van der Waals surface area (Å²) in [5, 5.41) is 182. The fourth-order valence-electron chi connectivity index (χ4n) is 11.6. The van der Waals surface area contributed by atoms with Gasteiger partial charge in [0, 0.05) is 65.0 Å². The van der Waals surface area contributed by atoms with Gasteiger partial charge in [0.05, 0.1) is 72.5 Å². The quantitative estimate of drug-likeness (QED) is 0.0213. The Morgan fingerprint density at radius 3 is 1.04 bits per heavy atom. The van der Waals surface area contributed by atoms with Gasteiger partial charge >= 0.3 is 5.97 Å². The van der Waals surface area contributed by atoms with Crippen LogP contribution in [0.25, 0.3) is 0 Å². The van der Waals surface area contributed by atoms with E-state index in [4.69, 9.17) is 42.6 Å². The minimum atomic E-state index is -1.81. The molecule has 24 N–H and O–H groups in total. The number of rotatable bonds is 50. The topological polar surface area (TPSA) is 660 Å². The second kappa shape index (κ2) is 50.5. The average Bonchev–Trinajstić information content (AvgIpc) is 0.838. The third-order valence-electron chi connectivity index (χ3n) is 17.9. The van der Waals surface area contributed by atoms with Gasteiger partial charge in [-0.25, -0.2) is 0 Å². The van der Waals surface area contributed by atoms with Crippen LogP contribution in [0.1, 0.15) is 82.6 Å². The number of benzene rings is 1. The van der Waals surface area contributed by atoms with E-state index in [1.54, 1.807) is 0 Å². The molecule has 4 aliphatic rings. The maximum absolute atomic E-state index is 14.2. The van der Waals surface area contributed by atoms with E-state index in [1.807, 2.05) is 30.3 Å². The number of carbonyl (C=O) groups excluding carboxylic acids is 9. The van der Waals surface area contributed by atoms with Gasteiger partial charge in [0.1, 0.15) is 116 Å². The summed E-state index contributed by atoms with van der Waals surface area (Å²) in [6, 6.07) is 6.01. The zero-order valence-electron chi connectivity index (χ0n) is 60.8. The Bertz CT molecular complexity index is 2780. The highest BCUT2D eigenvalue weighted by Crippen LogP contribution is 2.26. The zero-order valence-corrected chi connectivity index (χ0v) is 60.8. The molecule has 43 nitrogen and oxygen atoms in total.